The molecule has 4 heteroatoms. The van der Waals surface area contributed by atoms with E-state index in [1.165, 1.54) is 21.9 Å². The molecule has 0 aliphatic heterocycles. The number of alkyl halides is 1. The molecule has 2 nitrogen and oxygen atoms in total. The first-order chi connectivity index (χ1) is 8.35. The van der Waals surface area contributed by atoms with Crippen molar-refractivity contribution < 1.29 is 0 Å². The highest BCUT2D eigenvalue weighted by molar-refractivity contribution is 7.11. The molecule has 0 saturated heterocycles. The number of nitrogens with one attached hydrogen (secondary N) is 1. The van der Waals surface area contributed by atoms with Gasteiger partial charge in [0.15, 0.2) is 0 Å². The fourth-order valence-electron chi connectivity index (χ4n) is 1.86. The highest BCUT2D eigenvalue weighted by Crippen LogP contribution is 2.27. The largest absolute Gasteiger partial charge is 0.375 e. The third-order valence-corrected chi connectivity index (χ3v) is 4.08. The lowest BCUT2D eigenvalue weighted by Crippen LogP contribution is -2.13. The molecule has 1 atom stereocenters. The van der Waals surface area contributed by atoms with E-state index in [-0.39, 0.29) is 0 Å². The minimum absolute atomic E-state index is 0.647. The summed E-state index contributed by atoms with van der Waals surface area (Å²) in [5.41, 5.74) is 1.07. The van der Waals surface area contributed by atoms with Gasteiger partial charge in [0.2, 0.25) is 0 Å². The number of nitrogens with zero attached hydrogens (tertiary/aromatic N) is 1. The Morgan fingerprint density at radius 3 is 3.00 bits per heavy atom. The first-order valence-electron chi connectivity index (χ1n) is 5.99. The lowest BCUT2D eigenvalue weighted by Gasteiger charge is -2.13. The van der Waals surface area contributed by atoms with Crippen LogP contribution < -0.4 is 5.32 Å². The maximum atomic E-state index is 5.79. The number of benzene rings is 1. The van der Waals surface area contributed by atoms with Crippen LogP contribution in [0.25, 0.3) is 10.9 Å². The monoisotopic (exact) mass is 268 g/mol. The summed E-state index contributed by atoms with van der Waals surface area (Å²) in [5, 5.41) is 5.90. The van der Waals surface area contributed by atoms with Crippen molar-refractivity contribution in [3.8, 4) is 0 Å². The second kappa shape index (κ2) is 6.22. The van der Waals surface area contributed by atoms with Gasteiger partial charge in [-0.3, -0.25) is 0 Å². The number of aromatic nitrogens is 1. The van der Waals surface area contributed by atoms with E-state index in [0.717, 1.165) is 30.8 Å². The Morgan fingerprint density at radius 1 is 1.41 bits per heavy atom. The van der Waals surface area contributed by atoms with Gasteiger partial charge in [-0.2, -0.15) is 4.37 Å². The van der Waals surface area contributed by atoms with E-state index in [1.807, 2.05) is 12.1 Å². The minimum Gasteiger partial charge on any atom is -0.375 e. The van der Waals surface area contributed by atoms with Gasteiger partial charge in [0, 0.05) is 17.8 Å². The van der Waals surface area contributed by atoms with Crippen LogP contribution in [0.15, 0.2) is 24.3 Å². The molecule has 0 saturated carbocycles. The maximum absolute atomic E-state index is 5.79. The van der Waals surface area contributed by atoms with Gasteiger partial charge in [0.25, 0.3) is 0 Å². The van der Waals surface area contributed by atoms with Crippen LogP contribution in [0.4, 0.5) is 5.00 Å². The van der Waals surface area contributed by atoms with E-state index < -0.39 is 0 Å². The van der Waals surface area contributed by atoms with Crippen molar-refractivity contribution in [1.82, 2.24) is 4.37 Å². The number of rotatable bonds is 6. The fourth-order valence-corrected chi connectivity index (χ4v) is 2.93. The summed E-state index contributed by atoms with van der Waals surface area (Å²) in [4.78, 5) is 0. The summed E-state index contributed by atoms with van der Waals surface area (Å²) < 4.78 is 4.42. The third kappa shape index (κ3) is 3.11. The molecule has 0 aliphatic rings. The average molecular weight is 269 g/mol. The van der Waals surface area contributed by atoms with Gasteiger partial charge in [0.05, 0.1) is 5.52 Å². The van der Waals surface area contributed by atoms with Gasteiger partial charge in [0.1, 0.15) is 5.00 Å². The third-order valence-electron chi connectivity index (χ3n) is 3.03. The highest BCUT2D eigenvalue weighted by Gasteiger charge is 2.08. The zero-order chi connectivity index (χ0) is 12.1. The van der Waals surface area contributed by atoms with Crippen LogP contribution in [0.5, 0.6) is 0 Å². The van der Waals surface area contributed by atoms with Gasteiger partial charge >= 0.3 is 0 Å². The van der Waals surface area contributed by atoms with Crippen LogP contribution in [0.1, 0.15) is 19.8 Å². The molecule has 17 heavy (non-hydrogen) atoms. The summed E-state index contributed by atoms with van der Waals surface area (Å²) >= 11 is 7.33. The van der Waals surface area contributed by atoms with Gasteiger partial charge < -0.3 is 5.32 Å². The summed E-state index contributed by atoms with van der Waals surface area (Å²) in [6.45, 7) is 3.19. The average Bonchev–Trinajstić information content (AvgIpc) is 2.78. The van der Waals surface area contributed by atoms with Crippen molar-refractivity contribution in [3.63, 3.8) is 0 Å². The molecule has 1 unspecified atom stereocenters. The first kappa shape index (κ1) is 12.7. The Morgan fingerprint density at radius 2 is 2.24 bits per heavy atom. The molecular weight excluding hydrogens is 252 g/mol. The van der Waals surface area contributed by atoms with E-state index in [4.69, 9.17) is 11.6 Å². The maximum Gasteiger partial charge on any atom is 0.117 e. The van der Waals surface area contributed by atoms with Crippen LogP contribution in [0, 0.1) is 5.92 Å². The predicted molar refractivity (Wildman–Crippen MR) is 77.2 cm³/mol. The predicted octanol–water partition coefficient (Wildman–Crippen LogP) is 4.36. The zero-order valence-corrected chi connectivity index (χ0v) is 11.5. The Labute approximate surface area is 111 Å². The van der Waals surface area contributed by atoms with Crippen molar-refractivity contribution in [1.29, 1.82) is 0 Å². The summed E-state index contributed by atoms with van der Waals surface area (Å²) in [6.07, 6.45) is 2.23. The molecule has 0 radical (unpaired) electrons. The van der Waals surface area contributed by atoms with E-state index in [0.29, 0.717) is 5.92 Å². The smallest absolute Gasteiger partial charge is 0.117 e. The number of anilines is 1. The van der Waals surface area contributed by atoms with Gasteiger partial charge in [-0.1, -0.05) is 25.5 Å². The molecule has 0 aliphatic carbocycles. The molecule has 0 spiro atoms. The van der Waals surface area contributed by atoms with Crippen LogP contribution in [0.2, 0.25) is 0 Å². The lowest BCUT2D eigenvalue weighted by molar-refractivity contribution is 0.522. The van der Waals surface area contributed by atoms with Crippen molar-refractivity contribution in [2.24, 2.45) is 5.92 Å². The molecule has 92 valence electrons. The molecule has 0 bridgehead atoms. The van der Waals surface area contributed by atoms with E-state index in [2.05, 4.69) is 28.7 Å². The zero-order valence-electron chi connectivity index (χ0n) is 9.95. The number of hydrogen-bond acceptors (Lipinski definition) is 3. The van der Waals surface area contributed by atoms with Crippen molar-refractivity contribution in [2.45, 2.75) is 19.8 Å². The number of halogens is 1. The van der Waals surface area contributed by atoms with Crippen LogP contribution in [0.3, 0.4) is 0 Å². The Hall–Kier alpha value is -0.800. The number of hydrogen-bond donors (Lipinski definition) is 1. The minimum atomic E-state index is 0.647. The second-order valence-electron chi connectivity index (χ2n) is 4.16. The highest BCUT2D eigenvalue weighted by atomic mass is 35.5. The molecule has 1 aromatic carbocycles. The molecule has 0 amide bonds. The molecule has 1 aromatic heterocycles. The van der Waals surface area contributed by atoms with Crippen LogP contribution in [-0.2, 0) is 0 Å². The van der Waals surface area contributed by atoms with Crippen molar-refractivity contribution >= 4 is 39.0 Å². The standard InChI is InChI=1S/C13H17ClN2S/c1-2-10(7-8-14)9-15-13-11-5-3-4-6-12(11)16-17-13/h3-6,10,15H,2,7-9H2,1H3. The molecule has 0 fully saturated rings. The lowest BCUT2D eigenvalue weighted by atomic mass is 10.0. The number of fused-ring (bicyclic) bond motifs is 1. The van der Waals surface area contributed by atoms with Gasteiger partial charge in [-0.15, -0.1) is 11.6 Å². The van der Waals surface area contributed by atoms with E-state index in [9.17, 15) is 0 Å². The van der Waals surface area contributed by atoms with Gasteiger partial charge in [-0.25, -0.2) is 0 Å². The normalized spacial score (nSPS) is 12.8. The van der Waals surface area contributed by atoms with Gasteiger partial charge in [-0.05, 0) is 36.0 Å². The molecule has 2 aromatic rings. The first-order valence-corrected chi connectivity index (χ1v) is 7.30. The Kier molecular flexibility index (Phi) is 4.63. The summed E-state index contributed by atoms with van der Waals surface area (Å²) in [6, 6.07) is 8.24. The Bertz CT molecular complexity index is 469. The molecule has 1 heterocycles. The van der Waals surface area contributed by atoms with Crippen molar-refractivity contribution in [2.75, 3.05) is 17.7 Å². The molecule has 1 N–H and O–H groups in total. The summed E-state index contributed by atoms with van der Waals surface area (Å²) in [7, 11) is 0. The summed E-state index contributed by atoms with van der Waals surface area (Å²) in [5.74, 6) is 1.39. The van der Waals surface area contributed by atoms with Crippen LogP contribution >= 0.6 is 23.1 Å². The quantitative estimate of drug-likeness (QED) is 0.787. The fraction of sp³-hybridized carbons (Fsp3) is 0.462. The second-order valence-corrected chi connectivity index (χ2v) is 5.31. The molecule has 2 rings (SSSR count). The van der Waals surface area contributed by atoms with E-state index >= 15 is 0 Å². The van der Waals surface area contributed by atoms with E-state index in [1.54, 1.807) is 0 Å². The topological polar surface area (TPSA) is 24.9 Å². The Balaban J connectivity index is 2.03. The SMILES string of the molecule is CCC(CCCl)CNc1snc2ccccc12. The molecular formula is C13H17ClN2S. The van der Waals surface area contributed by atoms with Crippen molar-refractivity contribution in [3.05, 3.63) is 24.3 Å². The van der Waals surface area contributed by atoms with Crippen LogP contribution in [-0.4, -0.2) is 16.8 Å².